The van der Waals surface area contributed by atoms with E-state index < -0.39 is 0 Å². The first-order valence-electron chi connectivity index (χ1n) is 4.96. The SMILES string of the molecule is CCC(c1ccc(O)cc1)c1cn[nH]n1. The lowest BCUT2D eigenvalue weighted by Crippen LogP contribution is -1.99. The summed E-state index contributed by atoms with van der Waals surface area (Å²) in [5.74, 6) is 0.526. The Bertz CT molecular complexity index is 408. The highest BCUT2D eigenvalue weighted by atomic mass is 16.3. The van der Waals surface area contributed by atoms with Crippen molar-refractivity contribution >= 4 is 0 Å². The maximum atomic E-state index is 9.21. The van der Waals surface area contributed by atoms with Gasteiger partial charge in [0, 0.05) is 5.92 Å². The summed E-state index contributed by atoms with van der Waals surface area (Å²) in [5.41, 5.74) is 2.08. The van der Waals surface area contributed by atoms with Crippen LogP contribution in [0.4, 0.5) is 0 Å². The fourth-order valence-electron chi connectivity index (χ4n) is 1.70. The Morgan fingerprint density at radius 2 is 2.07 bits per heavy atom. The number of rotatable bonds is 3. The topological polar surface area (TPSA) is 61.8 Å². The average Bonchev–Trinajstić information content (AvgIpc) is 2.75. The number of aromatic nitrogens is 3. The van der Waals surface area contributed by atoms with Crippen molar-refractivity contribution < 1.29 is 5.11 Å². The van der Waals surface area contributed by atoms with Crippen LogP contribution in [0.25, 0.3) is 0 Å². The van der Waals surface area contributed by atoms with E-state index in [1.807, 2.05) is 12.1 Å². The minimum absolute atomic E-state index is 0.240. The number of phenols is 1. The van der Waals surface area contributed by atoms with Gasteiger partial charge in [0.15, 0.2) is 0 Å². The molecule has 1 unspecified atom stereocenters. The molecule has 1 heterocycles. The van der Waals surface area contributed by atoms with Gasteiger partial charge in [-0.25, -0.2) is 0 Å². The van der Waals surface area contributed by atoms with Crippen molar-refractivity contribution in [2.75, 3.05) is 0 Å². The highest BCUT2D eigenvalue weighted by Crippen LogP contribution is 2.26. The summed E-state index contributed by atoms with van der Waals surface area (Å²) in [6.07, 6.45) is 2.69. The highest BCUT2D eigenvalue weighted by Gasteiger charge is 2.14. The molecule has 0 saturated carbocycles. The molecule has 78 valence electrons. The summed E-state index contributed by atoms with van der Waals surface area (Å²) >= 11 is 0. The van der Waals surface area contributed by atoms with Crippen molar-refractivity contribution in [3.8, 4) is 5.75 Å². The number of nitrogens with one attached hydrogen (secondary N) is 1. The van der Waals surface area contributed by atoms with Crippen LogP contribution in [0.15, 0.2) is 30.5 Å². The van der Waals surface area contributed by atoms with Gasteiger partial charge in [-0.2, -0.15) is 15.4 Å². The van der Waals surface area contributed by atoms with E-state index in [1.165, 1.54) is 0 Å². The number of hydrogen-bond donors (Lipinski definition) is 2. The second-order valence-corrected chi connectivity index (χ2v) is 3.45. The summed E-state index contributed by atoms with van der Waals surface area (Å²) in [5, 5.41) is 19.7. The van der Waals surface area contributed by atoms with Crippen molar-refractivity contribution in [1.29, 1.82) is 0 Å². The number of aromatic hydroxyl groups is 1. The first-order valence-corrected chi connectivity index (χ1v) is 4.96. The van der Waals surface area contributed by atoms with E-state index in [4.69, 9.17) is 0 Å². The van der Waals surface area contributed by atoms with Gasteiger partial charge in [-0.1, -0.05) is 19.1 Å². The molecule has 0 radical (unpaired) electrons. The second-order valence-electron chi connectivity index (χ2n) is 3.45. The molecular formula is C11H13N3O. The average molecular weight is 203 g/mol. The molecule has 1 aromatic heterocycles. The van der Waals surface area contributed by atoms with E-state index in [9.17, 15) is 5.11 Å². The fraction of sp³-hybridized carbons (Fsp3) is 0.273. The van der Waals surface area contributed by atoms with Gasteiger partial charge in [0.25, 0.3) is 0 Å². The summed E-state index contributed by atoms with van der Waals surface area (Å²) in [7, 11) is 0. The minimum Gasteiger partial charge on any atom is -0.508 e. The molecule has 4 nitrogen and oxygen atoms in total. The van der Waals surface area contributed by atoms with Gasteiger partial charge in [0.2, 0.25) is 0 Å². The van der Waals surface area contributed by atoms with Crippen LogP contribution in [-0.2, 0) is 0 Å². The molecular weight excluding hydrogens is 190 g/mol. The van der Waals surface area contributed by atoms with Crippen LogP contribution in [0.5, 0.6) is 5.75 Å². The number of aromatic amines is 1. The Morgan fingerprint density at radius 3 is 2.60 bits per heavy atom. The quantitative estimate of drug-likeness (QED) is 0.802. The minimum atomic E-state index is 0.240. The van der Waals surface area contributed by atoms with E-state index in [-0.39, 0.29) is 11.7 Å². The van der Waals surface area contributed by atoms with Crippen molar-refractivity contribution in [2.45, 2.75) is 19.3 Å². The van der Waals surface area contributed by atoms with Crippen molar-refractivity contribution in [2.24, 2.45) is 0 Å². The van der Waals surface area contributed by atoms with E-state index in [1.54, 1.807) is 18.3 Å². The number of benzene rings is 1. The lowest BCUT2D eigenvalue weighted by atomic mass is 9.94. The number of phenolic OH excluding ortho intramolecular Hbond substituents is 1. The van der Waals surface area contributed by atoms with Gasteiger partial charge in [0.1, 0.15) is 5.75 Å². The molecule has 0 bridgehead atoms. The predicted molar refractivity (Wildman–Crippen MR) is 56.6 cm³/mol. The Hall–Kier alpha value is -1.84. The van der Waals surface area contributed by atoms with Crippen LogP contribution >= 0.6 is 0 Å². The van der Waals surface area contributed by atoms with Crippen molar-refractivity contribution in [3.05, 3.63) is 41.7 Å². The highest BCUT2D eigenvalue weighted by molar-refractivity contribution is 5.32. The summed E-state index contributed by atoms with van der Waals surface area (Å²) in [4.78, 5) is 0. The lowest BCUT2D eigenvalue weighted by Gasteiger charge is -2.11. The van der Waals surface area contributed by atoms with Gasteiger partial charge in [0.05, 0.1) is 11.9 Å². The van der Waals surface area contributed by atoms with Crippen LogP contribution in [0.3, 0.4) is 0 Å². The molecule has 0 aliphatic heterocycles. The fourth-order valence-corrected chi connectivity index (χ4v) is 1.70. The van der Waals surface area contributed by atoms with Gasteiger partial charge in [-0.05, 0) is 24.1 Å². The Kier molecular flexibility index (Phi) is 2.67. The van der Waals surface area contributed by atoms with Crippen molar-refractivity contribution in [1.82, 2.24) is 15.4 Å². The van der Waals surface area contributed by atoms with Crippen LogP contribution in [0.2, 0.25) is 0 Å². The van der Waals surface area contributed by atoms with E-state index in [2.05, 4.69) is 22.3 Å². The van der Waals surface area contributed by atoms with Crippen molar-refractivity contribution in [3.63, 3.8) is 0 Å². The van der Waals surface area contributed by atoms with Crippen LogP contribution in [0.1, 0.15) is 30.5 Å². The Balaban J connectivity index is 2.31. The normalized spacial score (nSPS) is 12.6. The molecule has 0 aliphatic carbocycles. The van der Waals surface area contributed by atoms with Crippen LogP contribution in [-0.4, -0.2) is 20.5 Å². The smallest absolute Gasteiger partial charge is 0.115 e. The lowest BCUT2D eigenvalue weighted by molar-refractivity contribution is 0.475. The maximum Gasteiger partial charge on any atom is 0.115 e. The zero-order valence-electron chi connectivity index (χ0n) is 8.51. The third kappa shape index (κ3) is 1.98. The molecule has 1 atom stereocenters. The maximum absolute atomic E-state index is 9.21. The van der Waals surface area contributed by atoms with Gasteiger partial charge < -0.3 is 5.11 Å². The molecule has 0 amide bonds. The zero-order valence-corrected chi connectivity index (χ0v) is 8.51. The van der Waals surface area contributed by atoms with Gasteiger partial charge in [-0.3, -0.25) is 0 Å². The van der Waals surface area contributed by atoms with E-state index >= 15 is 0 Å². The molecule has 0 fully saturated rings. The zero-order chi connectivity index (χ0) is 10.7. The van der Waals surface area contributed by atoms with Crippen LogP contribution in [0, 0.1) is 0 Å². The molecule has 15 heavy (non-hydrogen) atoms. The predicted octanol–water partition coefficient (Wildman–Crippen LogP) is 2.05. The van der Waals surface area contributed by atoms with Gasteiger partial charge >= 0.3 is 0 Å². The molecule has 2 N–H and O–H groups in total. The summed E-state index contributed by atoms with van der Waals surface area (Å²) in [6.45, 7) is 2.10. The third-order valence-corrected chi connectivity index (χ3v) is 2.49. The molecule has 2 rings (SSSR count). The molecule has 4 heteroatoms. The Labute approximate surface area is 88.0 Å². The summed E-state index contributed by atoms with van der Waals surface area (Å²) in [6, 6.07) is 7.21. The van der Waals surface area contributed by atoms with Gasteiger partial charge in [-0.15, -0.1) is 0 Å². The van der Waals surface area contributed by atoms with E-state index in [0.29, 0.717) is 0 Å². The standard InChI is InChI=1S/C11H13N3O/c1-2-10(11-7-12-14-13-11)8-3-5-9(15)6-4-8/h3-7,10,15H,2H2,1H3,(H,12,13,14). The molecule has 0 aliphatic rings. The molecule has 2 aromatic rings. The third-order valence-electron chi connectivity index (χ3n) is 2.49. The van der Waals surface area contributed by atoms with Crippen LogP contribution < -0.4 is 0 Å². The monoisotopic (exact) mass is 203 g/mol. The number of nitrogens with zero attached hydrogens (tertiary/aromatic N) is 2. The molecule has 1 aromatic carbocycles. The number of H-pyrrole nitrogens is 1. The Morgan fingerprint density at radius 1 is 1.33 bits per heavy atom. The summed E-state index contributed by atoms with van der Waals surface area (Å²) < 4.78 is 0. The van der Waals surface area contributed by atoms with E-state index in [0.717, 1.165) is 17.7 Å². The number of hydrogen-bond acceptors (Lipinski definition) is 3. The first kappa shape index (κ1) is 9.71. The molecule has 0 saturated heterocycles. The second kappa shape index (κ2) is 4.13. The largest absolute Gasteiger partial charge is 0.508 e. The molecule has 0 spiro atoms. The first-order chi connectivity index (χ1) is 7.31.